The number of aliphatic hydroxyl groups is 2. The second-order valence-electron chi connectivity index (χ2n) is 12.5. The van der Waals surface area contributed by atoms with Crippen LogP contribution in [0.4, 0.5) is 0 Å². The van der Waals surface area contributed by atoms with Gasteiger partial charge in [0.1, 0.15) is 6.54 Å². The van der Waals surface area contributed by atoms with Crippen molar-refractivity contribution in [3.05, 3.63) is 96.3 Å². The Morgan fingerprint density at radius 3 is 1.59 bits per heavy atom. The van der Waals surface area contributed by atoms with Gasteiger partial charge in [0.15, 0.2) is 12.4 Å². The number of hydrogen-bond acceptors (Lipinski definition) is 2. The number of aliphatic hydroxyl groups excluding tert-OH is 2. The van der Waals surface area contributed by atoms with Gasteiger partial charge in [-0.2, -0.15) is 9.13 Å². The van der Waals surface area contributed by atoms with E-state index in [9.17, 15) is 10.2 Å². The molecule has 44 heavy (non-hydrogen) atoms. The van der Waals surface area contributed by atoms with Crippen molar-refractivity contribution in [1.29, 1.82) is 0 Å². The Kier molecular flexibility index (Phi) is 13.6. The van der Waals surface area contributed by atoms with Crippen LogP contribution in [0.2, 0.25) is 0 Å². The summed E-state index contributed by atoms with van der Waals surface area (Å²) in [4.78, 5) is 0. The molecular formula is C40H54N2O2+2. The molecule has 4 rings (SSSR count). The fourth-order valence-corrected chi connectivity index (χ4v) is 5.95. The predicted octanol–water partition coefficient (Wildman–Crippen LogP) is 9.06. The Balaban J connectivity index is 1.60. The summed E-state index contributed by atoms with van der Waals surface area (Å²) in [6, 6.07) is 26.5. The third-order valence-corrected chi connectivity index (χ3v) is 8.75. The van der Waals surface area contributed by atoms with Crippen molar-refractivity contribution < 1.29 is 19.3 Å². The summed E-state index contributed by atoms with van der Waals surface area (Å²) in [7, 11) is 0. The van der Waals surface area contributed by atoms with Gasteiger partial charge in [0.05, 0.1) is 0 Å². The quantitative estimate of drug-likeness (QED) is 0.0892. The van der Waals surface area contributed by atoms with Crippen LogP contribution in [0.3, 0.4) is 0 Å². The minimum Gasteiger partial charge on any atom is -0.396 e. The van der Waals surface area contributed by atoms with Gasteiger partial charge < -0.3 is 10.2 Å². The number of unbranched alkanes of at least 4 members (excludes halogenated alkanes) is 9. The highest BCUT2D eigenvalue weighted by Gasteiger charge is 2.23. The van der Waals surface area contributed by atoms with Gasteiger partial charge in [-0.05, 0) is 68.5 Å². The third-order valence-electron chi connectivity index (χ3n) is 8.75. The van der Waals surface area contributed by atoms with Gasteiger partial charge in [0, 0.05) is 54.8 Å². The van der Waals surface area contributed by atoms with E-state index in [1.54, 1.807) is 0 Å². The smallest absolute Gasteiger partial charge is 0.259 e. The lowest BCUT2D eigenvalue weighted by Crippen LogP contribution is -2.39. The zero-order valence-electron chi connectivity index (χ0n) is 27.3. The van der Waals surface area contributed by atoms with Gasteiger partial charge in [-0.15, -0.1) is 0 Å². The van der Waals surface area contributed by atoms with Crippen LogP contribution in [-0.4, -0.2) is 16.8 Å². The van der Waals surface area contributed by atoms with Gasteiger partial charge >= 0.3 is 0 Å². The van der Waals surface area contributed by atoms with E-state index in [-0.39, 0.29) is 6.61 Å². The van der Waals surface area contributed by atoms with Crippen LogP contribution < -0.4 is 9.13 Å². The van der Waals surface area contributed by atoms with Crippen molar-refractivity contribution in [2.75, 3.05) is 6.61 Å². The second kappa shape index (κ2) is 17.8. The molecular weight excluding hydrogens is 540 g/mol. The average Bonchev–Trinajstić information content (AvgIpc) is 3.05. The lowest BCUT2D eigenvalue weighted by Gasteiger charge is -2.13. The van der Waals surface area contributed by atoms with Crippen molar-refractivity contribution in [3.8, 4) is 33.6 Å². The molecule has 4 heteroatoms. The van der Waals surface area contributed by atoms with Gasteiger partial charge in [-0.1, -0.05) is 87.3 Å². The van der Waals surface area contributed by atoms with Crippen LogP contribution in [0.25, 0.3) is 33.6 Å². The zero-order chi connectivity index (χ0) is 31.1. The molecule has 2 N–H and O–H groups in total. The lowest BCUT2D eigenvalue weighted by atomic mass is 9.98. The number of hydrogen-bond donors (Lipinski definition) is 2. The Morgan fingerprint density at radius 2 is 1.07 bits per heavy atom. The van der Waals surface area contributed by atoms with E-state index in [0.717, 1.165) is 49.8 Å². The fourth-order valence-electron chi connectivity index (χ4n) is 5.95. The number of nitrogens with zero attached hydrogens (tertiary/aromatic N) is 2. The van der Waals surface area contributed by atoms with Crippen LogP contribution >= 0.6 is 0 Å². The monoisotopic (exact) mass is 594 g/mol. The van der Waals surface area contributed by atoms with E-state index < -0.39 is 6.23 Å². The molecule has 0 aliphatic rings. The number of aromatic nitrogens is 2. The van der Waals surface area contributed by atoms with E-state index >= 15 is 0 Å². The molecule has 0 amide bonds. The summed E-state index contributed by atoms with van der Waals surface area (Å²) in [6.07, 6.45) is 17.3. The van der Waals surface area contributed by atoms with E-state index in [0.29, 0.717) is 0 Å². The molecule has 0 saturated carbocycles. The van der Waals surface area contributed by atoms with Crippen LogP contribution in [0, 0.1) is 13.8 Å². The minimum absolute atomic E-state index is 0.237. The molecule has 0 spiro atoms. The van der Waals surface area contributed by atoms with Gasteiger partial charge in [0.2, 0.25) is 11.4 Å². The van der Waals surface area contributed by atoms with E-state index in [4.69, 9.17) is 0 Å². The molecule has 234 valence electrons. The number of benzene rings is 2. The summed E-state index contributed by atoms with van der Waals surface area (Å²) < 4.78 is 4.39. The Hall–Kier alpha value is -3.34. The Morgan fingerprint density at radius 1 is 0.568 bits per heavy atom. The maximum atomic E-state index is 10.9. The summed E-state index contributed by atoms with van der Waals surface area (Å²) in [5.74, 6) is 0. The van der Waals surface area contributed by atoms with Crippen molar-refractivity contribution in [2.24, 2.45) is 0 Å². The van der Waals surface area contributed by atoms with E-state index in [1.807, 2.05) is 17.0 Å². The Bertz CT molecular complexity index is 1330. The number of pyridine rings is 2. The maximum Gasteiger partial charge on any atom is 0.259 e. The summed E-state index contributed by atoms with van der Waals surface area (Å²) in [6.45, 7) is 7.63. The zero-order valence-corrected chi connectivity index (χ0v) is 27.3. The molecule has 4 aromatic rings. The highest BCUT2D eigenvalue weighted by molar-refractivity contribution is 5.73. The van der Waals surface area contributed by atoms with Crippen molar-refractivity contribution in [3.63, 3.8) is 0 Å². The summed E-state index contributed by atoms with van der Waals surface area (Å²) in [5.41, 5.74) is 9.55. The van der Waals surface area contributed by atoms with E-state index in [2.05, 4.69) is 98.1 Å². The van der Waals surface area contributed by atoms with E-state index in [1.165, 1.54) is 78.6 Å². The maximum absolute atomic E-state index is 10.9. The fraction of sp³-hybridized carbons (Fsp3) is 0.450. The molecule has 0 aliphatic heterocycles. The molecule has 0 aliphatic carbocycles. The van der Waals surface area contributed by atoms with Crippen molar-refractivity contribution in [1.82, 2.24) is 0 Å². The second-order valence-corrected chi connectivity index (χ2v) is 12.5. The van der Waals surface area contributed by atoms with Crippen LogP contribution in [0.1, 0.15) is 101 Å². The molecule has 0 radical (unpaired) electrons. The highest BCUT2D eigenvalue weighted by Crippen LogP contribution is 2.30. The average molecular weight is 595 g/mol. The molecule has 4 nitrogen and oxygen atoms in total. The minimum atomic E-state index is -0.493. The third kappa shape index (κ3) is 9.84. The lowest BCUT2D eigenvalue weighted by molar-refractivity contribution is -0.760. The molecule has 0 fully saturated rings. The largest absolute Gasteiger partial charge is 0.396 e. The highest BCUT2D eigenvalue weighted by atomic mass is 16.3. The van der Waals surface area contributed by atoms with Crippen LogP contribution in [0.15, 0.2) is 85.2 Å². The van der Waals surface area contributed by atoms with Crippen molar-refractivity contribution in [2.45, 2.75) is 111 Å². The molecule has 1 atom stereocenters. The first kappa shape index (κ1) is 33.6. The number of rotatable bonds is 18. The van der Waals surface area contributed by atoms with Gasteiger partial charge in [0.25, 0.3) is 6.23 Å². The molecule has 1 unspecified atom stereocenters. The summed E-state index contributed by atoms with van der Waals surface area (Å²) >= 11 is 0. The van der Waals surface area contributed by atoms with Crippen molar-refractivity contribution >= 4 is 0 Å². The molecule has 2 aromatic carbocycles. The Labute approximate surface area is 266 Å². The molecule has 2 aromatic heterocycles. The first-order valence-corrected chi connectivity index (χ1v) is 17.0. The molecule has 0 bridgehead atoms. The molecule has 0 saturated heterocycles. The topological polar surface area (TPSA) is 48.2 Å². The standard InChI is InChI=1S/C40H54N2O2/c1-4-5-6-7-8-9-10-12-15-40(44)41-27-24-34(25-28-41)37-30-38(35-20-16-32(2)17-21-35)42(26-13-11-14-29-43)39(31-37)36-22-18-33(3)19-23-36/h16-25,27-28,30-31,40,43-44H,4-15,26,29H2,1-3H3/q+2. The van der Waals surface area contributed by atoms with Crippen LogP contribution in [-0.2, 0) is 6.54 Å². The molecule has 2 heterocycles. The van der Waals surface area contributed by atoms with Gasteiger partial charge in [-0.25, -0.2) is 0 Å². The first-order chi connectivity index (χ1) is 21.5. The van der Waals surface area contributed by atoms with Crippen LogP contribution in [0.5, 0.6) is 0 Å². The van der Waals surface area contributed by atoms with Gasteiger partial charge in [-0.3, -0.25) is 0 Å². The number of aryl methyl sites for hydroxylation is 2. The first-order valence-electron chi connectivity index (χ1n) is 17.0. The predicted molar refractivity (Wildman–Crippen MR) is 182 cm³/mol. The summed E-state index contributed by atoms with van der Waals surface area (Å²) in [5, 5.41) is 20.3. The normalized spacial score (nSPS) is 12.0. The SMILES string of the molecule is CCCCCCCCCCC(O)[n+]1ccc(-c2cc(-c3ccc(C)cc3)[n+](CCCCCO)c(-c3ccc(C)cc3)c2)cc1.